The molecule has 2 amide bonds. The molecule has 2 aromatic carbocycles. The van der Waals surface area contributed by atoms with E-state index in [1.54, 1.807) is 19.9 Å². The standard InChI is InChI=1S/C22H25N3O8S/c1-3-25(4-2)34(29,30)17-8-6-16(7-9-17)24-20(26)13-31-21(27)12-23-22(28)15-5-10-18-19(11-15)33-14-32-18/h5-11H,3-4,12-14H2,1-2H3,(H,23,28)(H,24,26). The van der Waals surface area contributed by atoms with Gasteiger partial charge in [0.25, 0.3) is 11.8 Å². The summed E-state index contributed by atoms with van der Waals surface area (Å²) < 4.78 is 41.6. The second kappa shape index (κ2) is 11.0. The molecule has 0 aliphatic carbocycles. The molecule has 2 aromatic rings. The van der Waals surface area contributed by atoms with Crippen LogP contribution in [0.5, 0.6) is 11.5 Å². The number of benzene rings is 2. The third-order valence-corrected chi connectivity index (χ3v) is 6.94. The second-order valence-electron chi connectivity index (χ2n) is 7.07. The quantitative estimate of drug-likeness (QED) is 0.475. The number of nitrogens with zero attached hydrogens (tertiary/aromatic N) is 1. The summed E-state index contributed by atoms with van der Waals surface area (Å²) >= 11 is 0. The van der Waals surface area contributed by atoms with E-state index in [4.69, 9.17) is 14.2 Å². The molecule has 11 nitrogen and oxygen atoms in total. The lowest BCUT2D eigenvalue weighted by Crippen LogP contribution is -2.32. The van der Waals surface area contributed by atoms with Crippen molar-refractivity contribution >= 4 is 33.5 Å². The predicted octanol–water partition coefficient (Wildman–Crippen LogP) is 1.36. The van der Waals surface area contributed by atoms with Gasteiger partial charge in [0.1, 0.15) is 6.54 Å². The third kappa shape index (κ3) is 6.02. The minimum Gasteiger partial charge on any atom is -0.454 e. The maximum atomic E-state index is 12.5. The molecular formula is C22H25N3O8S. The van der Waals surface area contributed by atoms with Crippen LogP contribution in [0, 0.1) is 0 Å². The highest BCUT2D eigenvalue weighted by Gasteiger charge is 2.21. The van der Waals surface area contributed by atoms with Gasteiger partial charge in [0, 0.05) is 24.3 Å². The predicted molar refractivity (Wildman–Crippen MR) is 121 cm³/mol. The molecular weight excluding hydrogens is 466 g/mol. The number of fused-ring (bicyclic) bond motifs is 1. The number of rotatable bonds is 10. The Morgan fingerprint density at radius 3 is 2.35 bits per heavy atom. The van der Waals surface area contributed by atoms with Crippen molar-refractivity contribution in [3.05, 3.63) is 48.0 Å². The number of anilines is 1. The Hall–Kier alpha value is -3.64. The highest BCUT2D eigenvalue weighted by atomic mass is 32.2. The number of carbonyl (C=O) groups excluding carboxylic acids is 3. The molecule has 0 fully saturated rings. The first-order valence-corrected chi connectivity index (χ1v) is 11.9. The number of ether oxygens (including phenoxy) is 3. The van der Waals surface area contributed by atoms with Crippen molar-refractivity contribution in [2.24, 2.45) is 0 Å². The number of esters is 1. The van der Waals surface area contributed by atoms with Crippen LogP contribution in [0.15, 0.2) is 47.4 Å². The molecule has 0 spiro atoms. The van der Waals surface area contributed by atoms with Crippen LogP contribution in [0.25, 0.3) is 0 Å². The van der Waals surface area contributed by atoms with Gasteiger partial charge in [-0.1, -0.05) is 13.8 Å². The van der Waals surface area contributed by atoms with E-state index in [0.29, 0.717) is 30.3 Å². The maximum Gasteiger partial charge on any atom is 0.325 e. The van der Waals surface area contributed by atoms with Crippen molar-refractivity contribution < 1.29 is 37.0 Å². The molecule has 182 valence electrons. The van der Waals surface area contributed by atoms with Crippen molar-refractivity contribution in [3.63, 3.8) is 0 Å². The first-order valence-electron chi connectivity index (χ1n) is 10.5. The second-order valence-corrected chi connectivity index (χ2v) is 9.01. The van der Waals surface area contributed by atoms with E-state index in [1.165, 1.54) is 40.7 Å². The minimum atomic E-state index is -3.60. The molecule has 34 heavy (non-hydrogen) atoms. The van der Waals surface area contributed by atoms with Gasteiger partial charge in [-0.15, -0.1) is 0 Å². The van der Waals surface area contributed by atoms with Gasteiger partial charge < -0.3 is 24.8 Å². The molecule has 1 aliphatic rings. The minimum absolute atomic E-state index is 0.0777. The van der Waals surface area contributed by atoms with Crippen LogP contribution in [0.1, 0.15) is 24.2 Å². The highest BCUT2D eigenvalue weighted by Crippen LogP contribution is 2.32. The molecule has 1 aliphatic heterocycles. The van der Waals surface area contributed by atoms with Gasteiger partial charge in [0.15, 0.2) is 18.1 Å². The van der Waals surface area contributed by atoms with Crippen LogP contribution in [-0.4, -0.2) is 63.5 Å². The fraction of sp³-hybridized carbons (Fsp3) is 0.318. The van der Waals surface area contributed by atoms with Gasteiger partial charge in [-0.25, -0.2) is 8.42 Å². The van der Waals surface area contributed by atoms with E-state index in [-0.39, 0.29) is 17.3 Å². The molecule has 0 unspecified atom stereocenters. The molecule has 3 rings (SSSR count). The van der Waals surface area contributed by atoms with Gasteiger partial charge >= 0.3 is 5.97 Å². The van der Waals surface area contributed by atoms with Crippen molar-refractivity contribution in [1.29, 1.82) is 0 Å². The number of nitrogens with one attached hydrogen (secondary N) is 2. The van der Waals surface area contributed by atoms with Crippen LogP contribution in [-0.2, 0) is 24.3 Å². The average Bonchev–Trinajstić information content (AvgIpc) is 3.30. The largest absolute Gasteiger partial charge is 0.454 e. The lowest BCUT2D eigenvalue weighted by atomic mass is 10.2. The average molecular weight is 492 g/mol. The molecule has 0 radical (unpaired) electrons. The van der Waals surface area contributed by atoms with Crippen LogP contribution in [0.4, 0.5) is 5.69 Å². The van der Waals surface area contributed by atoms with Crippen LogP contribution in [0.3, 0.4) is 0 Å². The number of amides is 2. The molecule has 0 bridgehead atoms. The summed E-state index contributed by atoms with van der Waals surface area (Å²) in [7, 11) is -3.60. The van der Waals surface area contributed by atoms with Crippen molar-refractivity contribution in [1.82, 2.24) is 9.62 Å². The summed E-state index contributed by atoms with van der Waals surface area (Å²) in [4.78, 5) is 36.2. The zero-order valence-corrected chi connectivity index (χ0v) is 19.5. The SMILES string of the molecule is CCN(CC)S(=O)(=O)c1ccc(NC(=O)COC(=O)CNC(=O)c2ccc3c(c2)OCO3)cc1. The smallest absolute Gasteiger partial charge is 0.325 e. The lowest BCUT2D eigenvalue weighted by Gasteiger charge is -2.18. The normalized spacial score (nSPS) is 12.3. The van der Waals surface area contributed by atoms with E-state index in [0.717, 1.165) is 0 Å². The summed E-state index contributed by atoms with van der Waals surface area (Å²) in [5.41, 5.74) is 0.622. The molecule has 0 atom stereocenters. The monoisotopic (exact) mass is 491 g/mol. The Bertz CT molecular complexity index is 1160. The fourth-order valence-electron chi connectivity index (χ4n) is 3.11. The summed E-state index contributed by atoms with van der Waals surface area (Å²) in [6, 6.07) is 10.3. The first-order chi connectivity index (χ1) is 16.2. The Kier molecular flexibility index (Phi) is 8.08. The van der Waals surface area contributed by atoms with Gasteiger partial charge in [0.2, 0.25) is 16.8 Å². The van der Waals surface area contributed by atoms with Crippen LogP contribution < -0.4 is 20.1 Å². The molecule has 12 heteroatoms. The van der Waals surface area contributed by atoms with E-state index in [9.17, 15) is 22.8 Å². The van der Waals surface area contributed by atoms with Crippen molar-refractivity contribution in [2.45, 2.75) is 18.7 Å². The molecule has 0 saturated carbocycles. The van der Waals surface area contributed by atoms with E-state index >= 15 is 0 Å². The zero-order chi connectivity index (χ0) is 24.7. The Labute approximate surface area is 197 Å². The highest BCUT2D eigenvalue weighted by molar-refractivity contribution is 7.89. The van der Waals surface area contributed by atoms with Crippen LogP contribution >= 0.6 is 0 Å². The Morgan fingerprint density at radius 1 is 1.00 bits per heavy atom. The molecule has 0 aromatic heterocycles. The van der Waals surface area contributed by atoms with E-state index in [2.05, 4.69) is 10.6 Å². The van der Waals surface area contributed by atoms with E-state index in [1.807, 2.05) is 0 Å². The topological polar surface area (TPSA) is 140 Å². The van der Waals surface area contributed by atoms with Crippen molar-refractivity contribution in [2.75, 3.05) is 38.4 Å². The fourth-order valence-corrected chi connectivity index (χ4v) is 4.57. The van der Waals surface area contributed by atoms with Crippen LogP contribution in [0.2, 0.25) is 0 Å². The number of hydrogen-bond acceptors (Lipinski definition) is 8. The molecule has 0 saturated heterocycles. The third-order valence-electron chi connectivity index (χ3n) is 4.87. The van der Waals surface area contributed by atoms with Crippen molar-refractivity contribution in [3.8, 4) is 11.5 Å². The Balaban J connectivity index is 1.44. The first kappa shape index (κ1) is 25.0. The molecule has 1 heterocycles. The van der Waals surface area contributed by atoms with Gasteiger partial charge in [-0.05, 0) is 42.5 Å². The summed E-state index contributed by atoms with van der Waals surface area (Å²) in [5.74, 6) is -0.966. The summed E-state index contributed by atoms with van der Waals surface area (Å²) in [6.07, 6.45) is 0. The van der Waals surface area contributed by atoms with Gasteiger partial charge in [-0.3, -0.25) is 14.4 Å². The summed E-state index contributed by atoms with van der Waals surface area (Å²) in [5, 5.41) is 4.91. The lowest BCUT2D eigenvalue weighted by molar-refractivity contribution is -0.146. The molecule has 2 N–H and O–H groups in total. The number of carbonyl (C=O) groups is 3. The van der Waals surface area contributed by atoms with E-state index < -0.39 is 41.0 Å². The van der Waals surface area contributed by atoms with Gasteiger partial charge in [0.05, 0.1) is 4.90 Å². The maximum absolute atomic E-state index is 12.5. The zero-order valence-electron chi connectivity index (χ0n) is 18.7. The number of sulfonamides is 1. The number of hydrogen-bond donors (Lipinski definition) is 2. The van der Waals surface area contributed by atoms with Gasteiger partial charge in [-0.2, -0.15) is 4.31 Å². The summed E-state index contributed by atoms with van der Waals surface area (Å²) in [6.45, 7) is 3.27. The Morgan fingerprint density at radius 2 is 1.68 bits per heavy atom.